The Balaban J connectivity index is 1.76. The van der Waals surface area contributed by atoms with Crippen molar-refractivity contribution in [3.05, 3.63) is 59.2 Å². The highest BCUT2D eigenvalue weighted by atomic mass is 32.2. The second kappa shape index (κ2) is 8.85. The quantitative estimate of drug-likeness (QED) is 0.659. The van der Waals surface area contributed by atoms with Gasteiger partial charge in [0, 0.05) is 13.1 Å². The molecule has 7 nitrogen and oxygen atoms in total. The molecule has 0 spiro atoms. The SMILES string of the molecule is COc1ccc(COC(=O)c2ccc(F)c(S(=O)(=O)N3CCOCC3)c2)cc1F. The van der Waals surface area contributed by atoms with Crippen LogP contribution in [0.5, 0.6) is 5.75 Å². The van der Waals surface area contributed by atoms with Crippen molar-refractivity contribution in [2.45, 2.75) is 11.5 Å². The Kier molecular flexibility index (Phi) is 6.46. The van der Waals surface area contributed by atoms with Crippen molar-refractivity contribution in [3.63, 3.8) is 0 Å². The van der Waals surface area contributed by atoms with E-state index in [1.54, 1.807) is 0 Å². The van der Waals surface area contributed by atoms with Gasteiger partial charge in [-0.2, -0.15) is 4.31 Å². The highest BCUT2D eigenvalue weighted by molar-refractivity contribution is 7.89. The normalized spacial score (nSPS) is 15.1. The Labute approximate surface area is 166 Å². The molecule has 0 amide bonds. The Hall–Kier alpha value is -2.56. The van der Waals surface area contributed by atoms with E-state index in [9.17, 15) is 22.0 Å². The molecule has 2 aromatic carbocycles. The van der Waals surface area contributed by atoms with Gasteiger partial charge >= 0.3 is 5.97 Å². The van der Waals surface area contributed by atoms with E-state index in [0.29, 0.717) is 5.56 Å². The minimum Gasteiger partial charge on any atom is -0.494 e. The summed E-state index contributed by atoms with van der Waals surface area (Å²) in [5.74, 6) is -2.39. The lowest BCUT2D eigenvalue weighted by molar-refractivity contribution is 0.0471. The topological polar surface area (TPSA) is 82.1 Å². The van der Waals surface area contributed by atoms with Crippen LogP contribution in [0.25, 0.3) is 0 Å². The number of halogens is 2. The number of esters is 1. The molecule has 0 atom stereocenters. The van der Waals surface area contributed by atoms with Crippen LogP contribution >= 0.6 is 0 Å². The average molecular weight is 427 g/mol. The molecule has 2 aromatic rings. The molecule has 10 heteroatoms. The third-order valence-electron chi connectivity index (χ3n) is 4.34. The van der Waals surface area contributed by atoms with Crippen LogP contribution in [0.2, 0.25) is 0 Å². The van der Waals surface area contributed by atoms with E-state index in [1.165, 1.54) is 19.2 Å². The Bertz CT molecular complexity index is 1010. The molecule has 1 aliphatic heterocycles. The molecule has 0 N–H and O–H groups in total. The fourth-order valence-electron chi connectivity index (χ4n) is 2.79. The number of morpholine rings is 1. The van der Waals surface area contributed by atoms with Gasteiger partial charge in [-0.25, -0.2) is 22.0 Å². The van der Waals surface area contributed by atoms with Crippen LogP contribution in [0.1, 0.15) is 15.9 Å². The predicted octanol–water partition coefficient (Wildman–Crippen LogP) is 2.35. The lowest BCUT2D eigenvalue weighted by atomic mass is 10.2. The molecule has 3 rings (SSSR count). The largest absolute Gasteiger partial charge is 0.494 e. The van der Waals surface area contributed by atoms with E-state index in [-0.39, 0.29) is 44.2 Å². The maximum atomic E-state index is 14.2. The number of hydrogen-bond acceptors (Lipinski definition) is 6. The molecule has 0 saturated carbocycles. The number of carbonyl (C=O) groups is 1. The molecule has 1 heterocycles. The fraction of sp³-hybridized carbons (Fsp3) is 0.316. The lowest BCUT2D eigenvalue weighted by Gasteiger charge is -2.26. The van der Waals surface area contributed by atoms with Crippen molar-refractivity contribution in [2.75, 3.05) is 33.4 Å². The predicted molar refractivity (Wildman–Crippen MR) is 98.0 cm³/mol. The van der Waals surface area contributed by atoms with Crippen molar-refractivity contribution < 1.29 is 36.2 Å². The number of hydrogen-bond donors (Lipinski definition) is 0. The summed E-state index contributed by atoms with van der Waals surface area (Å²) in [6.45, 7) is 0.365. The van der Waals surface area contributed by atoms with Crippen LogP contribution in [-0.4, -0.2) is 52.1 Å². The highest BCUT2D eigenvalue weighted by Gasteiger charge is 2.30. The van der Waals surface area contributed by atoms with Crippen LogP contribution in [0, 0.1) is 11.6 Å². The first-order valence-corrected chi connectivity index (χ1v) is 10.1. The van der Waals surface area contributed by atoms with Gasteiger partial charge in [0.15, 0.2) is 11.6 Å². The number of rotatable bonds is 6. The van der Waals surface area contributed by atoms with Crippen molar-refractivity contribution in [3.8, 4) is 5.75 Å². The molecule has 0 radical (unpaired) electrons. The van der Waals surface area contributed by atoms with Gasteiger partial charge < -0.3 is 14.2 Å². The van der Waals surface area contributed by atoms with Crippen molar-refractivity contribution in [1.29, 1.82) is 0 Å². The molecule has 0 aromatic heterocycles. The molecule has 1 saturated heterocycles. The Morgan fingerprint density at radius 1 is 1.10 bits per heavy atom. The van der Waals surface area contributed by atoms with Crippen LogP contribution < -0.4 is 4.74 Å². The van der Waals surface area contributed by atoms with Crippen LogP contribution in [0.3, 0.4) is 0 Å². The summed E-state index contributed by atoms with van der Waals surface area (Å²) in [5.41, 5.74) is 0.243. The van der Waals surface area contributed by atoms with Gasteiger partial charge in [-0.3, -0.25) is 0 Å². The fourth-order valence-corrected chi connectivity index (χ4v) is 4.28. The summed E-state index contributed by atoms with van der Waals surface area (Å²) in [6.07, 6.45) is 0. The molecule has 156 valence electrons. The lowest BCUT2D eigenvalue weighted by Crippen LogP contribution is -2.41. The van der Waals surface area contributed by atoms with E-state index < -0.39 is 32.5 Å². The molecule has 1 aliphatic rings. The number of sulfonamides is 1. The van der Waals surface area contributed by atoms with Crippen LogP contribution in [0.4, 0.5) is 8.78 Å². The van der Waals surface area contributed by atoms with Crippen LogP contribution in [0.15, 0.2) is 41.3 Å². The third-order valence-corrected chi connectivity index (χ3v) is 6.25. The third kappa shape index (κ3) is 4.72. The van der Waals surface area contributed by atoms with Gasteiger partial charge in [0.2, 0.25) is 10.0 Å². The van der Waals surface area contributed by atoms with E-state index in [4.69, 9.17) is 14.2 Å². The summed E-state index contributed by atoms with van der Waals surface area (Å²) in [7, 11) is -2.79. The average Bonchev–Trinajstić information content (AvgIpc) is 2.73. The highest BCUT2D eigenvalue weighted by Crippen LogP contribution is 2.23. The van der Waals surface area contributed by atoms with Crippen molar-refractivity contribution in [2.24, 2.45) is 0 Å². The monoisotopic (exact) mass is 427 g/mol. The first-order chi connectivity index (χ1) is 13.8. The number of ether oxygens (including phenoxy) is 3. The maximum Gasteiger partial charge on any atom is 0.338 e. The van der Waals surface area contributed by atoms with Gasteiger partial charge in [0.25, 0.3) is 0 Å². The second-order valence-electron chi connectivity index (χ2n) is 6.21. The van der Waals surface area contributed by atoms with Gasteiger partial charge in [0.1, 0.15) is 17.3 Å². The minimum absolute atomic E-state index is 0.0524. The maximum absolute atomic E-state index is 14.2. The second-order valence-corrected chi connectivity index (χ2v) is 8.11. The molecule has 0 bridgehead atoms. The number of methoxy groups -OCH3 is 1. The molecular weight excluding hydrogens is 408 g/mol. The Morgan fingerprint density at radius 2 is 1.83 bits per heavy atom. The summed E-state index contributed by atoms with van der Waals surface area (Å²) >= 11 is 0. The molecule has 29 heavy (non-hydrogen) atoms. The number of benzene rings is 2. The van der Waals surface area contributed by atoms with Gasteiger partial charge in [-0.1, -0.05) is 6.07 Å². The van der Waals surface area contributed by atoms with Gasteiger partial charge in [0.05, 0.1) is 25.9 Å². The van der Waals surface area contributed by atoms with E-state index in [1.807, 2.05) is 0 Å². The number of carbonyl (C=O) groups excluding carboxylic acids is 1. The summed E-state index contributed by atoms with van der Waals surface area (Å²) in [4.78, 5) is 11.7. The number of nitrogens with zero attached hydrogens (tertiary/aromatic N) is 1. The van der Waals surface area contributed by atoms with Gasteiger partial charge in [-0.05, 0) is 35.9 Å². The van der Waals surface area contributed by atoms with Gasteiger partial charge in [-0.15, -0.1) is 0 Å². The van der Waals surface area contributed by atoms with Crippen molar-refractivity contribution >= 4 is 16.0 Å². The first-order valence-electron chi connectivity index (χ1n) is 8.70. The zero-order valence-electron chi connectivity index (χ0n) is 15.6. The van der Waals surface area contributed by atoms with Crippen LogP contribution in [-0.2, 0) is 26.1 Å². The summed E-state index contributed by atoms with van der Waals surface area (Å²) in [6, 6.07) is 7.04. The van der Waals surface area contributed by atoms with E-state index >= 15 is 0 Å². The molecule has 1 fully saturated rings. The van der Waals surface area contributed by atoms with E-state index in [0.717, 1.165) is 28.6 Å². The zero-order chi connectivity index (χ0) is 21.0. The molecular formula is C19H19F2NO6S. The first kappa shape index (κ1) is 21.2. The summed E-state index contributed by atoms with van der Waals surface area (Å²) in [5, 5.41) is 0. The minimum atomic E-state index is -4.12. The molecule has 0 unspecified atom stereocenters. The standard InChI is InChI=1S/C19H19F2NO6S/c1-26-17-5-2-13(10-16(17)21)12-28-19(23)14-3-4-15(20)18(11-14)29(24,25)22-6-8-27-9-7-22/h2-5,10-11H,6-9,12H2,1H3. The van der Waals surface area contributed by atoms with E-state index in [2.05, 4.69) is 0 Å². The smallest absolute Gasteiger partial charge is 0.338 e. The zero-order valence-corrected chi connectivity index (χ0v) is 16.4. The van der Waals surface area contributed by atoms with Crippen molar-refractivity contribution in [1.82, 2.24) is 4.31 Å². The molecule has 0 aliphatic carbocycles. The summed E-state index contributed by atoms with van der Waals surface area (Å²) < 4.78 is 69.4. The Morgan fingerprint density at radius 3 is 2.48 bits per heavy atom.